The van der Waals surface area contributed by atoms with Crippen LogP contribution in [-0.4, -0.2) is 41.4 Å². The predicted molar refractivity (Wildman–Crippen MR) is 131 cm³/mol. The van der Waals surface area contributed by atoms with Crippen LogP contribution in [0.5, 0.6) is 11.5 Å². The summed E-state index contributed by atoms with van der Waals surface area (Å²) in [5, 5.41) is 10.4. The van der Waals surface area contributed by atoms with E-state index in [1.807, 2.05) is 0 Å². The van der Waals surface area contributed by atoms with Gasteiger partial charge in [0.15, 0.2) is 23.1 Å². The topological polar surface area (TPSA) is 135 Å². The summed E-state index contributed by atoms with van der Waals surface area (Å²) in [6.45, 7) is 9.19. The van der Waals surface area contributed by atoms with Crippen LogP contribution in [0.2, 0.25) is 5.02 Å². The molecule has 2 amide bonds. The van der Waals surface area contributed by atoms with Gasteiger partial charge >= 0.3 is 18.2 Å². The number of anilines is 1. The molecule has 0 heterocycles. The van der Waals surface area contributed by atoms with Crippen molar-refractivity contribution in [1.82, 2.24) is 0 Å². The Morgan fingerprint density at radius 2 is 1.45 bits per heavy atom. The largest absolute Gasteiger partial charge is 0.465 e. The molecule has 0 radical (unpaired) electrons. The van der Waals surface area contributed by atoms with Crippen molar-refractivity contribution in [2.45, 2.75) is 52.7 Å². The number of hydrogen-bond acceptors (Lipinski definition) is 9. The number of rotatable bonds is 5. The molecular weight excluding hydrogens is 534 g/mol. The summed E-state index contributed by atoms with van der Waals surface area (Å²) in [4.78, 5) is 48.6. The molecule has 206 valence electrons. The van der Waals surface area contributed by atoms with Crippen molar-refractivity contribution in [3.63, 3.8) is 0 Å². The Balaban J connectivity index is 2.72. The van der Waals surface area contributed by atoms with E-state index in [9.17, 15) is 33.3 Å². The Morgan fingerprint density at radius 1 is 0.921 bits per heavy atom. The zero-order valence-electron chi connectivity index (χ0n) is 21.5. The van der Waals surface area contributed by atoms with Gasteiger partial charge in [0.1, 0.15) is 21.8 Å². The first-order valence-corrected chi connectivity index (χ1v) is 11.2. The van der Waals surface area contributed by atoms with E-state index in [0.29, 0.717) is 17.0 Å². The lowest BCUT2D eigenvalue weighted by atomic mass is 10.1. The third kappa shape index (κ3) is 7.28. The highest BCUT2D eigenvalue weighted by Gasteiger charge is 2.36. The molecule has 0 fully saturated rings. The number of non-ortho nitro benzene ring substituents is 1. The molecule has 14 heteroatoms. The van der Waals surface area contributed by atoms with Crippen LogP contribution < -0.4 is 9.64 Å². The van der Waals surface area contributed by atoms with Crippen LogP contribution in [-0.2, 0) is 14.2 Å². The molecule has 0 saturated heterocycles. The summed E-state index contributed by atoms with van der Waals surface area (Å²) in [5.74, 6) is -5.72. The van der Waals surface area contributed by atoms with Gasteiger partial charge in [-0.1, -0.05) is 11.6 Å². The average Bonchev–Trinajstić information content (AvgIpc) is 2.75. The van der Waals surface area contributed by atoms with Crippen LogP contribution in [0.15, 0.2) is 24.3 Å². The highest BCUT2D eigenvalue weighted by Crippen LogP contribution is 2.42. The van der Waals surface area contributed by atoms with Gasteiger partial charge in [0.25, 0.3) is 5.69 Å². The minimum atomic E-state index is -1.42. The van der Waals surface area contributed by atoms with E-state index in [1.54, 1.807) is 0 Å². The van der Waals surface area contributed by atoms with Crippen LogP contribution in [0.1, 0.15) is 51.9 Å². The van der Waals surface area contributed by atoms with Crippen LogP contribution >= 0.6 is 11.6 Å². The molecule has 0 bridgehead atoms. The maximum atomic E-state index is 14.9. The van der Waals surface area contributed by atoms with Gasteiger partial charge in [0.2, 0.25) is 0 Å². The fourth-order valence-corrected chi connectivity index (χ4v) is 3.10. The van der Waals surface area contributed by atoms with E-state index in [4.69, 9.17) is 25.8 Å². The first-order valence-electron chi connectivity index (χ1n) is 10.8. The maximum absolute atomic E-state index is 14.9. The van der Waals surface area contributed by atoms with Crippen molar-refractivity contribution in [2.75, 3.05) is 12.0 Å². The number of ether oxygens (including phenoxy) is 4. The van der Waals surface area contributed by atoms with Crippen LogP contribution in [0, 0.1) is 21.7 Å². The number of carbonyl (C=O) groups is 3. The normalized spacial score (nSPS) is 11.4. The fourth-order valence-electron chi connectivity index (χ4n) is 2.83. The molecule has 11 nitrogen and oxygen atoms in total. The van der Waals surface area contributed by atoms with E-state index < -0.39 is 79.4 Å². The molecule has 38 heavy (non-hydrogen) atoms. The number of methoxy groups -OCH3 is 1. The van der Waals surface area contributed by atoms with Crippen molar-refractivity contribution < 1.29 is 47.0 Å². The van der Waals surface area contributed by atoms with Crippen molar-refractivity contribution >= 4 is 41.1 Å². The predicted octanol–water partition coefficient (Wildman–Crippen LogP) is 6.78. The third-order valence-electron chi connectivity index (χ3n) is 4.27. The molecule has 2 aromatic rings. The summed E-state index contributed by atoms with van der Waals surface area (Å²) in [7, 11) is 0.927. The summed E-state index contributed by atoms with van der Waals surface area (Å²) in [6.07, 6.45) is -2.47. The van der Waals surface area contributed by atoms with Gasteiger partial charge in [-0.25, -0.2) is 23.2 Å². The number of carbonyl (C=O) groups excluding carboxylic acids is 3. The van der Waals surface area contributed by atoms with Gasteiger partial charge in [0, 0.05) is 6.07 Å². The molecule has 0 aliphatic carbocycles. The quantitative estimate of drug-likeness (QED) is 0.168. The van der Waals surface area contributed by atoms with Gasteiger partial charge in [-0.15, -0.1) is 0 Å². The molecule has 2 aromatic carbocycles. The smallest absolute Gasteiger partial charge is 0.424 e. The van der Waals surface area contributed by atoms with Crippen molar-refractivity contribution in [2.24, 2.45) is 0 Å². The zero-order valence-corrected chi connectivity index (χ0v) is 22.3. The average molecular weight is 559 g/mol. The first kappa shape index (κ1) is 30.2. The number of nitro benzene ring substituents is 1. The van der Waals surface area contributed by atoms with Crippen LogP contribution in [0.3, 0.4) is 0 Å². The number of hydrogen-bond donors (Lipinski definition) is 0. The Hall–Kier alpha value is -4.00. The first-order chi connectivity index (χ1) is 17.4. The molecule has 0 unspecified atom stereocenters. The molecule has 0 atom stereocenters. The number of nitrogens with zero attached hydrogens (tertiary/aromatic N) is 2. The van der Waals surface area contributed by atoms with E-state index in [1.165, 1.54) is 41.5 Å². The Labute approximate surface area is 221 Å². The number of nitro groups is 1. The van der Waals surface area contributed by atoms with Crippen molar-refractivity contribution in [1.29, 1.82) is 0 Å². The highest BCUT2D eigenvalue weighted by atomic mass is 35.5. The summed E-state index contributed by atoms with van der Waals surface area (Å²) < 4.78 is 50.0. The lowest BCUT2D eigenvalue weighted by molar-refractivity contribution is -0.385. The lowest BCUT2D eigenvalue weighted by Gasteiger charge is -2.29. The van der Waals surface area contributed by atoms with Crippen LogP contribution in [0.4, 0.5) is 29.7 Å². The molecule has 2 rings (SSSR count). The zero-order chi connectivity index (χ0) is 29.2. The monoisotopic (exact) mass is 558 g/mol. The Bertz CT molecular complexity index is 1260. The second-order valence-corrected chi connectivity index (χ2v) is 10.0. The second-order valence-electron chi connectivity index (χ2n) is 9.66. The van der Waals surface area contributed by atoms with Gasteiger partial charge in [-0.05, 0) is 53.7 Å². The fraction of sp³-hybridized carbons (Fsp3) is 0.375. The SMILES string of the molecule is COC(=O)c1cc([N+](=O)[O-])cc(F)c1Oc1c(F)ccc(N(C(=O)OC(C)(C)C)C(=O)OC(C)(C)C)c1Cl. The minimum Gasteiger partial charge on any atom is -0.465 e. The number of halogens is 3. The summed E-state index contributed by atoms with van der Waals surface area (Å²) >= 11 is 6.32. The molecule has 0 saturated carbocycles. The van der Waals surface area contributed by atoms with Gasteiger partial charge in [0.05, 0.1) is 23.8 Å². The van der Waals surface area contributed by atoms with Gasteiger partial charge in [-0.3, -0.25) is 10.1 Å². The van der Waals surface area contributed by atoms with Crippen molar-refractivity contribution in [3.05, 3.63) is 56.6 Å². The maximum Gasteiger partial charge on any atom is 0.424 e. The molecule has 0 aromatic heterocycles. The molecular formula is C24H25ClF2N2O9. The van der Waals surface area contributed by atoms with E-state index in [0.717, 1.165) is 19.2 Å². The Kier molecular flexibility index (Phi) is 8.89. The number of esters is 1. The second kappa shape index (κ2) is 11.2. The standard InChI is InChI=1S/C24H25ClF2N2O9/c1-23(2,3)37-21(31)28(22(32)38-24(4,5)6)16-9-8-14(26)19(17(16)25)36-18-13(20(30)35-7)10-12(29(33)34)11-15(18)27/h8-11H,1-7H3. The minimum absolute atomic E-state index is 0.387. The highest BCUT2D eigenvalue weighted by molar-refractivity contribution is 6.36. The molecule has 0 spiro atoms. The third-order valence-corrected chi connectivity index (χ3v) is 4.64. The lowest BCUT2D eigenvalue weighted by Crippen LogP contribution is -2.44. The van der Waals surface area contributed by atoms with Crippen LogP contribution in [0.25, 0.3) is 0 Å². The summed E-state index contributed by atoms with van der Waals surface area (Å²) in [6, 6.07) is 2.80. The number of benzene rings is 2. The Morgan fingerprint density at radius 3 is 1.89 bits per heavy atom. The molecule has 0 aliphatic rings. The van der Waals surface area contributed by atoms with Gasteiger partial charge < -0.3 is 18.9 Å². The molecule has 0 aliphatic heterocycles. The number of amides is 2. The summed E-state index contributed by atoms with van der Waals surface area (Å²) in [5.41, 5.74) is -4.16. The van der Waals surface area contributed by atoms with E-state index in [-0.39, 0.29) is 0 Å². The van der Waals surface area contributed by atoms with E-state index >= 15 is 0 Å². The molecule has 0 N–H and O–H groups in total. The number of imide groups is 1. The van der Waals surface area contributed by atoms with Crippen molar-refractivity contribution in [3.8, 4) is 11.5 Å². The van der Waals surface area contributed by atoms with E-state index in [2.05, 4.69) is 4.74 Å². The van der Waals surface area contributed by atoms with Gasteiger partial charge in [-0.2, -0.15) is 4.90 Å².